The van der Waals surface area contributed by atoms with Crippen LogP contribution in [0, 0.1) is 5.41 Å². The van der Waals surface area contributed by atoms with E-state index < -0.39 is 5.60 Å². The van der Waals surface area contributed by atoms with E-state index in [0.29, 0.717) is 0 Å². The summed E-state index contributed by atoms with van der Waals surface area (Å²) in [5, 5.41) is 3.34. The zero-order valence-corrected chi connectivity index (χ0v) is 17.4. The molecule has 0 atom stereocenters. The molecule has 1 heterocycles. The molecular weight excluding hydrogens is 312 g/mol. The topological polar surface area (TPSA) is 76.5 Å². The summed E-state index contributed by atoms with van der Waals surface area (Å²) in [6.45, 7) is 25.2. The normalized spacial score (nSPS) is 17.5. The monoisotopic (exact) mass is 350 g/mol. The summed E-state index contributed by atoms with van der Waals surface area (Å²) in [7, 11) is 0. The Bertz CT molecular complexity index is 565. The molecule has 0 aromatic carbocycles. The third kappa shape index (κ3) is 5.59. The van der Waals surface area contributed by atoms with E-state index in [2.05, 4.69) is 71.1 Å². The number of nitrogens with zero attached hydrogens (tertiary/aromatic N) is 1. The number of hydrogen-bond acceptors (Lipinski definition) is 5. The lowest BCUT2D eigenvalue weighted by molar-refractivity contribution is -0.0509. The van der Waals surface area contributed by atoms with E-state index in [1.165, 1.54) is 0 Å². The molecule has 0 saturated heterocycles. The molecule has 1 aliphatic rings. The van der Waals surface area contributed by atoms with Gasteiger partial charge in [-0.3, -0.25) is 4.84 Å². The zero-order valence-electron chi connectivity index (χ0n) is 17.4. The van der Waals surface area contributed by atoms with Crippen molar-refractivity contribution in [3.8, 4) is 0 Å². The fraction of sp³-hybridized carbons (Fsp3) is 0.700. The molecule has 0 aromatic rings. The second-order valence-corrected chi connectivity index (χ2v) is 9.88. The van der Waals surface area contributed by atoms with Gasteiger partial charge in [-0.2, -0.15) is 0 Å². The standard InChI is InChI=1S/C20H38N4O/c1-14-16(17(3,4)12-18(5,6)21)11-24(15(2)23-14)19(7,8)13-20(9,10)25-22/h11,23H,1-2,12-13,21-22H2,3-10H3. The fourth-order valence-electron chi connectivity index (χ4n) is 4.11. The maximum Gasteiger partial charge on any atom is 0.103 e. The SMILES string of the molecule is C=C1NC(=C)N(C(C)(C)CC(C)(C)ON)C=C1C(C)(C)CC(C)(C)N. The van der Waals surface area contributed by atoms with Gasteiger partial charge in [-0.15, -0.1) is 0 Å². The van der Waals surface area contributed by atoms with E-state index in [1.807, 2.05) is 13.8 Å². The van der Waals surface area contributed by atoms with Crippen molar-refractivity contribution < 1.29 is 4.84 Å². The average Bonchev–Trinajstić information content (AvgIpc) is 2.33. The van der Waals surface area contributed by atoms with Gasteiger partial charge in [0.25, 0.3) is 0 Å². The van der Waals surface area contributed by atoms with Gasteiger partial charge < -0.3 is 16.0 Å². The van der Waals surface area contributed by atoms with Crippen molar-refractivity contribution >= 4 is 0 Å². The number of nitrogens with two attached hydrogens (primary N) is 2. The van der Waals surface area contributed by atoms with E-state index >= 15 is 0 Å². The van der Waals surface area contributed by atoms with Crippen LogP contribution in [-0.4, -0.2) is 21.6 Å². The Hall–Kier alpha value is -1.30. The summed E-state index contributed by atoms with van der Waals surface area (Å²) in [6, 6.07) is 0. The summed E-state index contributed by atoms with van der Waals surface area (Å²) in [6.07, 6.45) is 3.72. The molecule has 1 aliphatic heterocycles. The van der Waals surface area contributed by atoms with Gasteiger partial charge in [-0.25, -0.2) is 5.90 Å². The Kier molecular flexibility index (Phi) is 5.90. The smallest absolute Gasteiger partial charge is 0.103 e. The third-order valence-electron chi connectivity index (χ3n) is 4.63. The molecule has 0 saturated carbocycles. The van der Waals surface area contributed by atoms with Crippen LogP contribution in [0.2, 0.25) is 0 Å². The predicted octanol–water partition coefficient (Wildman–Crippen LogP) is 3.75. The van der Waals surface area contributed by atoms with Crippen LogP contribution in [0.25, 0.3) is 0 Å². The van der Waals surface area contributed by atoms with Gasteiger partial charge >= 0.3 is 0 Å². The third-order valence-corrected chi connectivity index (χ3v) is 4.63. The van der Waals surface area contributed by atoms with Gasteiger partial charge in [0.2, 0.25) is 0 Å². The second-order valence-electron chi connectivity index (χ2n) is 9.88. The Morgan fingerprint density at radius 3 is 2.00 bits per heavy atom. The maximum absolute atomic E-state index is 6.28. The van der Waals surface area contributed by atoms with Gasteiger partial charge in [0.15, 0.2) is 0 Å². The summed E-state index contributed by atoms with van der Waals surface area (Å²) >= 11 is 0. The molecule has 5 heteroatoms. The fourth-order valence-corrected chi connectivity index (χ4v) is 4.11. The summed E-state index contributed by atoms with van der Waals surface area (Å²) in [5.41, 5.74) is 7.21. The molecule has 5 nitrogen and oxygen atoms in total. The number of hydrogen-bond donors (Lipinski definition) is 3. The number of allylic oxidation sites excluding steroid dienone is 1. The molecule has 0 spiro atoms. The minimum atomic E-state index is -0.443. The van der Waals surface area contributed by atoms with Crippen molar-refractivity contribution in [1.82, 2.24) is 10.2 Å². The predicted molar refractivity (Wildman–Crippen MR) is 106 cm³/mol. The number of nitrogens with one attached hydrogen (secondary N) is 1. The number of rotatable bonds is 7. The molecule has 0 bridgehead atoms. The highest BCUT2D eigenvalue weighted by Crippen LogP contribution is 2.41. The van der Waals surface area contributed by atoms with Crippen molar-refractivity contribution in [2.75, 3.05) is 0 Å². The van der Waals surface area contributed by atoms with Crippen molar-refractivity contribution in [3.05, 3.63) is 36.4 Å². The van der Waals surface area contributed by atoms with Crippen LogP contribution in [-0.2, 0) is 4.84 Å². The van der Waals surface area contributed by atoms with Crippen molar-refractivity contribution in [1.29, 1.82) is 0 Å². The Morgan fingerprint density at radius 1 is 1.04 bits per heavy atom. The van der Waals surface area contributed by atoms with Gasteiger partial charge in [0.05, 0.1) is 5.60 Å². The molecule has 0 unspecified atom stereocenters. The first-order chi connectivity index (χ1) is 11.0. The van der Waals surface area contributed by atoms with Gasteiger partial charge in [0.1, 0.15) is 5.82 Å². The Morgan fingerprint density at radius 2 is 1.56 bits per heavy atom. The lowest BCUT2D eigenvalue weighted by atomic mass is 9.73. The molecule has 0 fully saturated rings. The highest BCUT2D eigenvalue weighted by molar-refractivity contribution is 5.39. The Balaban J connectivity index is 3.26. The maximum atomic E-state index is 6.28. The first kappa shape index (κ1) is 21.7. The zero-order chi connectivity index (χ0) is 19.8. The Labute approximate surface area is 154 Å². The van der Waals surface area contributed by atoms with E-state index in [0.717, 1.165) is 29.9 Å². The summed E-state index contributed by atoms with van der Waals surface area (Å²) < 4.78 is 0. The van der Waals surface area contributed by atoms with Crippen LogP contribution in [0.4, 0.5) is 0 Å². The largest absolute Gasteiger partial charge is 0.342 e. The molecule has 25 heavy (non-hydrogen) atoms. The minimum absolute atomic E-state index is 0.128. The first-order valence-corrected chi connectivity index (χ1v) is 8.84. The molecule has 0 amide bonds. The lowest BCUT2D eigenvalue weighted by Gasteiger charge is -2.47. The quantitative estimate of drug-likeness (QED) is 0.610. The highest BCUT2D eigenvalue weighted by atomic mass is 16.6. The van der Waals surface area contributed by atoms with Crippen molar-refractivity contribution in [3.63, 3.8) is 0 Å². The van der Waals surface area contributed by atoms with Gasteiger partial charge in [-0.05, 0) is 59.0 Å². The lowest BCUT2D eigenvalue weighted by Crippen LogP contribution is -2.51. The highest BCUT2D eigenvalue weighted by Gasteiger charge is 2.39. The molecular formula is C20H38N4O. The average molecular weight is 351 g/mol. The summed E-state index contributed by atoms with van der Waals surface area (Å²) in [4.78, 5) is 7.30. The molecule has 0 radical (unpaired) electrons. The van der Waals surface area contributed by atoms with Crippen LogP contribution in [0.5, 0.6) is 0 Å². The molecule has 5 N–H and O–H groups in total. The molecule has 1 rings (SSSR count). The molecule has 144 valence electrons. The van der Waals surface area contributed by atoms with E-state index in [-0.39, 0.29) is 16.5 Å². The second kappa shape index (κ2) is 6.78. The van der Waals surface area contributed by atoms with E-state index in [4.69, 9.17) is 16.5 Å². The first-order valence-electron chi connectivity index (χ1n) is 8.84. The van der Waals surface area contributed by atoms with Crippen molar-refractivity contribution in [2.24, 2.45) is 17.0 Å². The summed E-state index contributed by atoms with van der Waals surface area (Å²) in [5.74, 6) is 6.27. The van der Waals surface area contributed by atoms with E-state index in [1.54, 1.807) is 0 Å². The van der Waals surface area contributed by atoms with Gasteiger partial charge in [0, 0.05) is 29.4 Å². The molecule has 0 aromatic heterocycles. The van der Waals surface area contributed by atoms with Gasteiger partial charge in [-0.1, -0.05) is 27.0 Å². The van der Waals surface area contributed by atoms with Crippen LogP contribution in [0.1, 0.15) is 68.2 Å². The van der Waals surface area contributed by atoms with Crippen LogP contribution in [0.3, 0.4) is 0 Å². The van der Waals surface area contributed by atoms with Crippen LogP contribution < -0.4 is 16.9 Å². The van der Waals surface area contributed by atoms with Crippen LogP contribution >= 0.6 is 0 Å². The minimum Gasteiger partial charge on any atom is -0.342 e. The molecule has 0 aliphatic carbocycles. The van der Waals surface area contributed by atoms with Crippen LogP contribution in [0.15, 0.2) is 36.4 Å². The van der Waals surface area contributed by atoms with E-state index in [9.17, 15) is 0 Å². The van der Waals surface area contributed by atoms with Crippen molar-refractivity contribution in [2.45, 2.75) is 84.9 Å².